The van der Waals surface area contributed by atoms with Gasteiger partial charge >= 0.3 is 0 Å². The van der Waals surface area contributed by atoms with E-state index >= 15 is 0 Å². The molecule has 1 N–H and O–H groups in total. The molecule has 0 unspecified atom stereocenters. The Balaban J connectivity index is 1.82. The van der Waals surface area contributed by atoms with E-state index < -0.39 is 0 Å². The summed E-state index contributed by atoms with van der Waals surface area (Å²) in [6.45, 7) is 0. The number of phenols is 1. The highest BCUT2D eigenvalue weighted by atomic mass is 35.5. The van der Waals surface area contributed by atoms with Crippen LogP contribution in [0.2, 0.25) is 5.02 Å². The fourth-order valence-corrected chi connectivity index (χ4v) is 3.74. The molecule has 0 spiro atoms. The van der Waals surface area contributed by atoms with Gasteiger partial charge in [0.05, 0.1) is 22.4 Å². The van der Waals surface area contributed by atoms with Gasteiger partial charge in [0, 0.05) is 24.2 Å². The molecule has 0 fully saturated rings. The Morgan fingerprint density at radius 3 is 2.92 bits per heavy atom. The van der Waals surface area contributed by atoms with Gasteiger partial charge in [-0.1, -0.05) is 22.9 Å². The number of fused-ring (bicyclic) bond motifs is 1. The molecule has 0 radical (unpaired) electrons. The van der Waals surface area contributed by atoms with Gasteiger partial charge in [0.2, 0.25) is 0 Å². The second-order valence-electron chi connectivity index (χ2n) is 5.49. The molecule has 0 aliphatic rings. The van der Waals surface area contributed by atoms with E-state index in [-0.39, 0.29) is 22.1 Å². The van der Waals surface area contributed by atoms with Crippen molar-refractivity contribution in [1.82, 2.24) is 14.4 Å². The lowest BCUT2D eigenvalue weighted by atomic mass is 10.2. The standard InChI is InChI=1S/C18H12ClN3O3S/c1-25-14-6-10(5-12(19)16(14)23)7-15-17(24)22-9-13(21-18(22)26-15)11-3-2-4-20-8-11/h2-9,23H,1H3/b15-7-. The molecule has 0 amide bonds. The molecule has 3 aromatic heterocycles. The summed E-state index contributed by atoms with van der Waals surface area (Å²) in [6.07, 6.45) is 6.78. The number of rotatable bonds is 3. The first kappa shape index (κ1) is 16.6. The smallest absolute Gasteiger partial charge is 0.274 e. The topological polar surface area (TPSA) is 76.7 Å². The summed E-state index contributed by atoms with van der Waals surface area (Å²) in [5.74, 6) is 0.118. The van der Waals surface area contributed by atoms with E-state index in [2.05, 4.69) is 9.97 Å². The number of aromatic hydroxyl groups is 1. The second kappa shape index (κ2) is 6.44. The summed E-state index contributed by atoms with van der Waals surface area (Å²) >= 11 is 7.28. The van der Waals surface area contributed by atoms with Gasteiger partial charge in [-0.25, -0.2) is 4.98 Å². The lowest BCUT2D eigenvalue weighted by Crippen LogP contribution is -2.22. The number of hydrogen-bond acceptors (Lipinski definition) is 6. The van der Waals surface area contributed by atoms with Crippen molar-refractivity contribution in [3.05, 3.63) is 68.3 Å². The van der Waals surface area contributed by atoms with Gasteiger partial charge in [-0.05, 0) is 35.9 Å². The molecule has 130 valence electrons. The lowest BCUT2D eigenvalue weighted by Gasteiger charge is -2.05. The van der Waals surface area contributed by atoms with E-state index in [1.165, 1.54) is 22.8 Å². The number of thiazole rings is 1. The first-order valence-electron chi connectivity index (χ1n) is 7.57. The van der Waals surface area contributed by atoms with Crippen molar-refractivity contribution in [3.63, 3.8) is 0 Å². The number of halogens is 1. The van der Waals surface area contributed by atoms with Crippen molar-refractivity contribution in [1.29, 1.82) is 0 Å². The summed E-state index contributed by atoms with van der Waals surface area (Å²) < 4.78 is 7.11. The zero-order valence-corrected chi connectivity index (χ0v) is 15.1. The SMILES string of the molecule is COc1cc(/C=c2\sc3nc(-c4cccnc4)cn3c2=O)cc(Cl)c1O. The van der Waals surface area contributed by atoms with Gasteiger partial charge in [-0.15, -0.1) is 0 Å². The number of imidazole rings is 1. The predicted molar refractivity (Wildman–Crippen MR) is 101 cm³/mol. The highest BCUT2D eigenvalue weighted by Crippen LogP contribution is 2.35. The molecule has 8 heteroatoms. The largest absolute Gasteiger partial charge is 0.503 e. The van der Waals surface area contributed by atoms with Gasteiger partial charge < -0.3 is 9.84 Å². The van der Waals surface area contributed by atoms with Crippen molar-refractivity contribution < 1.29 is 9.84 Å². The summed E-state index contributed by atoms with van der Waals surface area (Å²) in [6, 6.07) is 6.90. The normalized spacial score (nSPS) is 12.0. The second-order valence-corrected chi connectivity index (χ2v) is 6.91. The minimum Gasteiger partial charge on any atom is -0.503 e. The van der Waals surface area contributed by atoms with Crippen LogP contribution >= 0.6 is 22.9 Å². The van der Waals surface area contributed by atoms with Crippen LogP contribution in [0.3, 0.4) is 0 Å². The minimum absolute atomic E-state index is 0.129. The van der Waals surface area contributed by atoms with Crippen molar-refractivity contribution >= 4 is 34.0 Å². The molecule has 4 rings (SSSR count). The van der Waals surface area contributed by atoms with E-state index in [9.17, 15) is 9.90 Å². The molecular weight excluding hydrogens is 374 g/mol. The first-order chi connectivity index (χ1) is 12.6. The molecule has 1 aromatic carbocycles. The van der Waals surface area contributed by atoms with Crippen LogP contribution in [0, 0.1) is 0 Å². The predicted octanol–water partition coefficient (Wildman–Crippen LogP) is 2.73. The average Bonchev–Trinajstić information content (AvgIpc) is 3.19. The summed E-state index contributed by atoms with van der Waals surface area (Å²) in [4.78, 5) is 21.8. The quantitative estimate of drug-likeness (QED) is 0.586. The molecule has 0 aliphatic heterocycles. The highest BCUT2D eigenvalue weighted by Gasteiger charge is 2.11. The Labute approximate surface area is 156 Å². The van der Waals surface area contributed by atoms with Crippen molar-refractivity contribution in [3.8, 4) is 22.8 Å². The molecule has 0 saturated heterocycles. The van der Waals surface area contributed by atoms with Crippen molar-refractivity contribution in [2.45, 2.75) is 0 Å². The Morgan fingerprint density at radius 2 is 2.23 bits per heavy atom. The van der Waals surface area contributed by atoms with E-state index in [1.54, 1.807) is 36.8 Å². The first-order valence-corrected chi connectivity index (χ1v) is 8.77. The molecule has 6 nitrogen and oxygen atoms in total. The summed E-state index contributed by atoms with van der Waals surface area (Å²) in [5.41, 5.74) is 2.03. The number of benzene rings is 1. The molecule has 3 heterocycles. The number of nitrogens with zero attached hydrogens (tertiary/aromatic N) is 3. The van der Waals surface area contributed by atoms with Gasteiger partial charge in [0.15, 0.2) is 16.5 Å². The van der Waals surface area contributed by atoms with Crippen LogP contribution in [0.15, 0.2) is 47.7 Å². The third-order valence-electron chi connectivity index (χ3n) is 3.83. The fourth-order valence-electron chi connectivity index (χ4n) is 2.57. The van der Waals surface area contributed by atoms with E-state index in [0.717, 1.165) is 5.56 Å². The number of aromatic nitrogens is 3. The van der Waals surface area contributed by atoms with Crippen LogP contribution < -0.4 is 14.8 Å². The van der Waals surface area contributed by atoms with Crippen LogP contribution in [-0.2, 0) is 0 Å². The third kappa shape index (κ3) is 2.81. The molecule has 4 aromatic rings. The Kier molecular flexibility index (Phi) is 4.10. The summed E-state index contributed by atoms with van der Waals surface area (Å²) in [5, 5.41) is 9.97. The Morgan fingerprint density at radius 1 is 1.38 bits per heavy atom. The molecule has 0 atom stereocenters. The zero-order chi connectivity index (χ0) is 18.3. The fraction of sp³-hybridized carbons (Fsp3) is 0.0556. The van der Waals surface area contributed by atoms with E-state index in [1.807, 2.05) is 12.1 Å². The van der Waals surface area contributed by atoms with Crippen LogP contribution in [0.1, 0.15) is 5.56 Å². The van der Waals surface area contributed by atoms with Crippen LogP contribution in [0.25, 0.3) is 22.3 Å². The molecular formula is C18H12ClN3O3S. The van der Waals surface area contributed by atoms with Crippen molar-refractivity contribution in [2.24, 2.45) is 0 Å². The van der Waals surface area contributed by atoms with Gasteiger partial charge in [0.25, 0.3) is 5.56 Å². The number of pyridine rings is 1. The average molecular weight is 386 g/mol. The number of phenolic OH excluding ortho intramolecular Hbond substituents is 1. The summed E-state index contributed by atoms with van der Waals surface area (Å²) in [7, 11) is 1.44. The minimum atomic E-state index is -0.171. The Bertz CT molecular complexity index is 1220. The Hall–Kier alpha value is -2.90. The maximum atomic E-state index is 12.7. The lowest BCUT2D eigenvalue weighted by molar-refractivity contribution is 0.373. The van der Waals surface area contributed by atoms with Crippen molar-refractivity contribution in [2.75, 3.05) is 7.11 Å². The molecule has 26 heavy (non-hydrogen) atoms. The molecule has 0 saturated carbocycles. The maximum Gasteiger partial charge on any atom is 0.274 e. The highest BCUT2D eigenvalue weighted by molar-refractivity contribution is 7.15. The van der Waals surface area contributed by atoms with Gasteiger partial charge in [0.1, 0.15) is 0 Å². The zero-order valence-electron chi connectivity index (χ0n) is 13.5. The number of ether oxygens (including phenoxy) is 1. The monoisotopic (exact) mass is 385 g/mol. The number of methoxy groups -OCH3 is 1. The maximum absolute atomic E-state index is 12.7. The van der Waals surface area contributed by atoms with E-state index in [4.69, 9.17) is 16.3 Å². The van der Waals surface area contributed by atoms with E-state index in [0.29, 0.717) is 20.8 Å². The van der Waals surface area contributed by atoms with Gasteiger partial charge in [-0.2, -0.15) is 0 Å². The number of hydrogen-bond donors (Lipinski definition) is 1. The van der Waals surface area contributed by atoms with Crippen LogP contribution in [0.5, 0.6) is 11.5 Å². The third-order valence-corrected chi connectivity index (χ3v) is 5.10. The molecule has 0 aliphatic carbocycles. The molecule has 0 bridgehead atoms. The van der Waals surface area contributed by atoms with Gasteiger partial charge in [-0.3, -0.25) is 14.2 Å². The van der Waals surface area contributed by atoms with Crippen LogP contribution in [0.4, 0.5) is 0 Å². The van der Waals surface area contributed by atoms with Crippen LogP contribution in [-0.4, -0.2) is 26.6 Å².